The van der Waals surface area contributed by atoms with Gasteiger partial charge in [-0.25, -0.2) is 0 Å². The molecular formula is C10H20N2OS. The summed E-state index contributed by atoms with van der Waals surface area (Å²) in [6.07, 6.45) is 2.39. The third-order valence-corrected chi connectivity index (χ3v) is 3.35. The highest BCUT2D eigenvalue weighted by molar-refractivity contribution is 7.80. The molecule has 1 saturated heterocycles. The van der Waals surface area contributed by atoms with Gasteiger partial charge in [0.05, 0.1) is 11.0 Å². The van der Waals surface area contributed by atoms with Crippen molar-refractivity contribution in [3.05, 3.63) is 0 Å². The highest BCUT2D eigenvalue weighted by Crippen LogP contribution is 2.18. The maximum Gasteiger partial charge on any atom is 0.0899 e. The van der Waals surface area contributed by atoms with Crippen LogP contribution in [0, 0.1) is 5.92 Å². The first-order chi connectivity index (χ1) is 6.65. The van der Waals surface area contributed by atoms with Gasteiger partial charge >= 0.3 is 0 Å². The Hall–Kier alpha value is -0.190. The Bertz CT molecular complexity index is 191. The van der Waals surface area contributed by atoms with Crippen LogP contribution in [0.2, 0.25) is 0 Å². The molecular weight excluding hydrogens is 196 g/mol. The highest BCUT2D eigenvalue weighted by Gasteiger charge is 2.23. The lowest BCUT2D eigenvalue weighted by molar-refractivity contribution is 0.0947. The molecule has 1 unspecified atom stereocenters. The monoisotopic (exact) mass is 216 g/mol. The van der Waals surface area contributed by atoms with Crippen LogP contribution in [-0.2, 0) is 4.74 Å². The Balaban J connectivity index is 2.31. The summed E-state index contributed by atoms with van der Waals surface area (Å²) >= 11 is 4.99. The number of rotatable bonds is 4. The minimum absolute atomic E-state index is 0.244. The van der Waals surface area contributed by atoms with E-state index in [-0.39, 0.29) is 6.04 Å². The van der Waals surface area contributed by atoms with Crippen LogP contribution in [0.4, 0.5) is 0 Å². The molecule has 0 aliphatic carbocycles. The lowest BCUT2D eigenvalue weighted by Crippen LogP contribution is -2.46. The predicted molar refractivity (Wildman–Crippen MR) is 62.4 cm³/mol. The zero-order chi connectivity index (χ0) is 10.6. The Kier molecular flexibility index (Phi) is 4.78. The number of likely N-dealkylation sites (tertiary alicyclic amines) is 1. The molecule has 0 aromatic rings. The molecule has 0 spiro atoms. The van der Waals surface area contributed by atoms with Gasteiger partial charge in [-0.1, -0.05) is 12.2 Å². The molecule has 0 radical (unpaired) electrons. The summed E-state index contributed by atoms with van der Waals surface area (Å²) in [6, 6.07) is 0.244. The normalized spacial score (nSPS) is 22.1. The molecule has 0 aromatic carbocycles. The van der Waals surface area contributed by atoms with Crippen LogP contribution < -0.4 is 5.73 Å². The van der Waals surface area contributed by atoms with Crippen LogP contribution in [0.15, 0.2) is 0 Å². The lowest BCUT2D eigenvalue weighted by atomic mass is 9.97. The molecule has 1 aliphatic heterocycles. The Morgan fingerprint density at radius 1 is 1.57 bits per heavy atom. The standard InChI is InChI=1S/C10H20N2OS/c1-8(10(11)14)12-5-3-9(4-6-12)7-13-2/h8-9H,3-7H2,1-2H3,(H2,11,14). The third-order valence-electron chi connectivity index (χ3n) is 3.01. The fourth-order valence-corrected chi connectivity index (χ4v) is 2.07. The number of nitrogens with two attached hydrogens (primary N) is 1. The largest absolute Gasteiger partial charge is 0.392 e. The van der Waals surface area contributed by atoms with E-state index >= 15 is 0 Å². The van der Waals surface area contributed by atoms with Crippen LogP contribution in [0.5, 0.6) is 0 Å². The summed E-state index contributed by atoms with van der Waals surface area (Å²) < 4.78 is 5.16. The van der Waals surface area contributed by atoms with Crippen molar-refractivity contribution in [2.45, 2.75) is 25.8 Å². The van der Waals surface area contributed by atoms with Gasteiger partial charge in [0, 0.05) is 13.7 Å². The van der Waals surface area contributed by atoms with Gasteiger partial charge in [-0.3, -0.25) is 4.90 Å². The van der Waals surface area contributed by atoms with Crippen molar-refractivity contribution >= 4 is 17.2 Å². The molecule has 1 aliphatic rings. The second-order valence-electron chi connectivity index (χ2n) is 4.01. The van der Waals surface area contributed by atoms with E-state index in [4.69, 9.17) is 22.7 Å². The maximum atomic E-state index is 5.63. The smallest absolute Gasteiger partial charge is 0.0899 e. The molecule has 4 heteroatoms. The van der Waals surface area contributed by atoms with E-state index < -0.39 is 0 Å². The maximum absolute atomic E-state index is 5.63. The number of nitrogens with zero attached hydrogens (tertiary/aromatic N) is 1. The summed E-state index contributed by atoms with van der Waals surface area (Å²) in [6.45, 7) is 5.15. The van der Waals surface area contributed by atoms with Crippen molar-refractivity contribution in [2.75, 3.05) is 26.8 Å². The number of piperidine rings is 1. The number of hydrogen-bond donors (Lipinski definition) is 1. The summed E-state index contributed by atoms with van der Waals surface area (Å²) in [7, 11) is 1.77. The fraction of sp³-hybridized carbons (Fsp3) is 0.900. The summed E-state index contributed by atoms with van der Waals surface area (Å²) in [5.41, 5.74) is 5.63. The topological polar surface area (TPSA) is 38.5 Å². The molecule has 3 nitrogen and oxygen atoms in total. The molecule has 1 heterocycles. The van der Waals surface area contributed by atoms with Gasteiger partial charge in [0.25, 0.3) is 0 Å². The van der Waals surface area contributed by atoms with Crippen LogP contribution in [0.1, 0.15) is 19.8 Å². The lowest BCUT2D eigenvalue weighted by Gasteiger charge is -2.35. The SMILES string of the molecule is COCC1CCN(C(C)C(N)=S)CC1. The first-order valence-electron chi connectivity index (χ1n) is 5.17. The van der Waals surface area contributed by atoms with Crippen molar-refractivity contribution in [3.8, 4) is 0 Å². The minimum atomic E-state index is 0.244. The molecule has 0 bridgehead atoms. The van der Waals surface area contributed by atoms with E-state index in [0.29, 0.717) is 4.99 Å². The third kappa shape index (κ3) is 3.19. The van der Waals surface area contributed by atoms with Crippen molar-refractivity contribution in [1.29, 1.82) is 0 Å². The van der Waals surface area contributed by atoms with E-state index in [1.165, 1.54) is 12.8 Å². The summed E-state index contributed by atoms with van der Waals surface area (Å²) in [4.78, 5) is 2.96. The zero-order valence-electron chi connectivity index (χ0n) is 9.03. The van der Waals surface area contributed by atoms with E-state index in [0.717, 1.165) is 25.6 Å². The van der Waals surface area contributed by atoms with Gasteiger partial charge in [0.2, 0.25) is 0 Å². The Morgan fingerprint density at radius 3 is 2.57 bits per heavy atom. The fourth-order valence-electron chi connectivity index (χ4n) is 1.92. The molecule has 1 atom stereocenters. The molecule has 2 N–H and O–H groups in total. The first kappa shape index (κ1) is 11.9. The summed E-state index contributed by atoms with van der Waals surface area (Å²) in [5, 5.41) is 0. The molecule has 14 heavy (non-hydrogen) atoms. The van der Waals surface area contributed by atoms with Crippen molar-refractivity contribution in [1.82, 2.24) is 4.90 Å². The van der Waals surface area contributed by atoms with E-state index in [1.807, 2.05) is 0 Å². The molecule has 1 fully saturated rings. The van der Waals surface area contributed by atoms with Gasteiger partial charge in [-0.05, 0) is 38.8 Å². The molecule has 1 rings (SSSR count). The predicted octanol–water partition coefficient (Wildman–Crippen LogP) is 1.02. The van der Waals surface area contributed by atoms with E-state index in [9.17, 15) is 0 Å². The quantitative estimate of drug-likeness (QED) is 0.712. The second kappa shape index (κ2) is 5.63. The molecule has 0 saturated carbocycles. The van der Waals surface area contributed by atoms with Crippen molar-refractivity contribution in [3.63, 3.8) is 0 Å². The van der Waals surface area contributed by atoms with Crippen LogP contribution in [0.3, 0.4) is 0 Å². The van der Waals surface area contributed by atoms with Gasteiger partial charge in [-0.2, -0.15) is 0 Å². The van der Waals surface area contributed by atoms with Gasteiger partial charge in [-0.15, -0.1) is 0 Å². The van der Waals surface area contributed by atoms with Crippen LogP contribution in [0.25, 0.3) is 0 Å². The highest BCUT2D eigenvalue weighted by atomic mass is 32.1. The van der Waals surface area contributed by atoms with Gasteiger partial charge in [0.1, 0.15) is 0 Å². The average Bonchev–Trinajstić information content (AvgIpc) is 2.18. The Morgan fingerprint density at radius 2 is 2.14 bits per heavy atom. The van der Waals surface area contributed by atoms with Gasteiger partial charge in [0.15, 0.2) is 0 Å². The first-order valence-corrected chi connectivity index (χ1v) is 5.58. The zero-order valence-corrected chi connectivity index (χ0v) is 9.85. The number of hydrogen-bond acceptors (Lipinski definition) is 3. The summed E-state index contributed by atoms with van der Waals surface area (Å²) in [5.74, 6) is 0.717. The van der Waals surface area contributed by atoms with E-state index in [1.54, 1.807) is 7.11 Å². The van der Waals surface area contributed by atoms with E-state index in [2.05, 4.69) is 11.8 Å². The average molecular weight is 216 g/mol. The molecule has 0 amide bonds. The second-order valence-corrected chi connectivity index (χ2v) is 4.48. The molecule has 82 valence electrons. The van der Waals surface area contributed by atoms with Crippen LogP contribution in [-0.4, -0.2) is 42.7 Å². The minimum Gasteiger partial charge on any atom is -0.392 e. The van der Waals surface area contributed by atoms with Gasteiger partial charge < -0.3 is 10.5 Å². The Labute approximate surface area is 91.6 Å². The number of thiocarbonyl (C=S) groups is 1. The molecule has 0 aromatic heterocycles. The van der Waals surface area contributed by atoms with Crippen molar-refractivity contribution < 1.29 is 4.74 Å². The van der Waals surface area contributed by atoms with Crippen LogP contribution >= 0.6 is 12.2 Å². The van der Waals surface area contributed by atoms with Crippen molar-refractivity contribution in [2.24, 2.45) is 11.7 Å². The number of methoxy groups -OCH3 is 1. The number of ether oxygens (including phenoxy) is 1.